The van der Waals surface area contributed by atoms with E-state index < -0.39 is 0 Å². The summed E-state index contributed by atoms with van der Waals surface area (Å²) in [6.45, 7) is 7.92. The van der Waals surface area contributed by atoms with Crippen LogP contribution in [0.25, 0.3) is 22.3 Å². The lowest BCUT2D eigenvalue weighted by molar-refractivity contribution is -0.122. The van der Waals surface area contributed by atoms with Gasteiger partial charge in [0.2, 0.25) is 5.91 Å². The van der Waals surface area contributed by atoms with Crippen LogP contribution >= 0.6 is 11.6 Å². The largest absolute Gasteiger partial charge is 0.395 e. The Labute approximate surface area is 210 Å². The summed E-state index contributed by atoms with van der Waals surface area (Å²) in [7, 11) is 0. The number of nitrogens with one attached hydrogen (secondary N) is 1. The number of rotatable bonds is 7. The van der Waals surface area contributed by atoms with Gasteiger partial charge in [-0.1, -0.05) is 23.7 Å². The van der Waals surface area contributed by atoms with Gasteiger partial charge in [-0.3, -0.25) is 19.1 Å². The number of β-amino-alcohol motifs (C(OH)–C–C–N with tert-alkyl or cyclic N) is 1. The molecule has 4 rings (SSSR count). The Kier molecular flexibility index (Phi) is 8.05. The summed E-state index contributed by atoms with van der Waals surface area (Å²) in [6, 6.07) is 12.8. The summed E-state index contributed by atoms with van der Waals surface area (Å²) in [6.07, 6.45) is 0.976. The number of hydrogen-bond acceptors (Lipinski definition) is 6. The lowest BCUT2D eigenvalue weighted by atomic mass is 10.1. The van der Waals surface area contributed by atoms with E-state index in [-0.39, 0.29) is 30.7 Å². The molecule has 1 amide bonds. The van der Waals surface area contributed by atoms with E-state index in [0.29, 0.717) is 33.9 Å². The molecule has 2 heterocycles. The lowest BCUT2D eigenvalue weighted by Gasteiger charge is -2.24. The van der Waals surface area contributed by atoms with Crippen molar-refractivity contribution < 1.29 is 9.90 Å². The number of aliphatic hydroxyl groups excluding tert-OH is 1. The Bertz CT molecular complexity index is 1260. The average Bonchev–Trinajstić information content (AvgIpc) is 3.06. The SMILES string of the molecule is CC(C)NC(=O)Cn1c(-c2cccc(Cl)c2)nc2ccc(N3CCCN(CCO)CC3)cc2c1=O. The van der Waals surface area contributed by atoms with Gasteiger partial charge in [0.05, 0.1) is 17.5 Å². The first kappa shape index (κ1) is 25.2. The molecular weight excluding hydrogens is 466 g/mol. The first-order chi connectivity index (χ1) is 16.9. The minimum absolute atomic E-state index is 0.0405. The second kappa shape index (κ2) is 11.2. The zero-order chi connectivity index (χ0) is 24.9. The minimum Gasteiger partial charge on any atom is -0.395 e. The van der Waals surface area contributed by atoms with Crippen molar-refractivity contribution in [2.45, 2.75) is 32.9 Å². The maximum atomic E-state index is 13.7. The fourth-order valence-electron chi connectivity index (χ4n) is 4.51. The van der Waals surface area contributed by atoms with Crippen LogP contribution in [0.3, 0.4) is 0 Å². The average molecular weight is 498 g/mol. The first-order valence-corrected chi connectivity index (χ1v) is 12.4. The quantitative estimate of drug-likeness (QED) is 0.521. The maximum absolute atomic E-state index is 13.7. The molecule has 3 aromatic rings. The van der Waals surface area contributed by atoms with Crippen LogP contribution in [-0.2, 0) is 11.3 Å². The smallest absolute Gasteiger partial charge is 0.262 e. The number of anilines is 1. The Morgan fingerprint density at radius 3 is 2.71 bits per heavy atom. The number of aliphatic hydroxyl groups is 1. The van der Waals surface area contributed by atoms with Crippen LogP contribution in [-0.4, -0.2) is 70.8 Å². The van der Waals surface area contributed by atoms with E-state index in [1.54, 1.807) is 18.2 Å². The molecule has 0 radical (unpaired) electrons. The molecular formula is C26H32ClN5O3. The molecule has 1 aliphatic heterocycles. The molecule has 0 atom stereocenters. The van der Waals surface area contributed by atoms with Gasteiger partial charge in [0.1, 0.15) is 12.4 Å². The minimum atomic E-state index is -0.262. The number of fused-ring (bicyclic) bond motifs is 1. The number of halogens is 1. The number of hydrogen-bond donors (Lipinski definition) is 2. The summed E-state index contributed by atoms with van der Waals surface area (Å²) in [5.41, 5.74) is 1.94. The predicted octanol–water partition coefficient (Wildman–Crippen LogP) is 2.75. The first-order valence-electron chi connectivity index (χ1n) is 12.0. The van der Waals surface area contributed by atoms with E-state index in [1.807, 2.05) is 38.1 Å². The maximum Gasteiger partial charge on any atom is 0.262 e. The lowest BCUT2D eigenvalue weighted by Crippen LogP contribution is -2.37. The van der Waals surface area contributed by atoms with E-state index in [4.69, 9.17) is 16.6 Å². The Morgan fingerprint density at radius 2 is 1.97 bits per heavy atom. The van der Waals surface area contributed by atoms with E-state index in [0.717, 1.165) is 38.3 Å². The van der Waals surface area contributed by atoms with Crippen LogP contribution in [0.15, 0.2) is 47.3 Å². The van der Waals surface area contributed by atoms with Crippen molar-refractivity contribution in [3.63, 3.8) is 0 Å². The highest BCUT2D eigenvalue weighted by Gasteiger charge is 2.19. The standard InChI is InChI=1S/C26H32ClN5O3/c1-18(2)28-24(34)17-32-25(19-5-3-6-20(27)15-19)29-23-8-7-21(16-22(23)26(32)35)31-10-4-9-30(11-12-31)13-14-33/h3,5-8,15-16,18,33H,4,9-14,17H2,1-2H3,(H,28,34). The van der Waals surface area contributed by atoms with Crippen molar-refractivity contribution in [1.82, 2.24) is 19.8 Å². The van der Waals surface area contributed by atoms with Gasteiger partial charge in [0, 0.05) is 48.5 Å². The third-order valence-electron chi connectivity index (χ3n) is 6.14. The van der Waals surface area contributed by atoms with Gasteiger partial charge in [-0.25, -0.2) is 4.98 Å². The van der Waals surface area contributed by atoms with Gasteiger partial charge >= 0.3 is 0 Å². The molecule has 2 aromatic carbocycles. The Morgan fingerprint density at radius 1 is 1.14 bits per heavy atom. The fourth-order valence-corrected chi connectivity index (χ4v) is 4.70. The van der Waals surface area contributed by atoms with Crippen LogP contribution in [0, 0.1) is 0 Å². The summed E-state index contributed by atoms with van der Waals surface area (Å²) in [5.74, 6) is 0.158. The summed E-state index contributed by atoms with van der Waals surface area (Å²) in [5, 5.41) is 13.1. The second-order valence-electron chi connectivity index (χ2n) is 9.17. The van der Waals surface area contributed by atoms with Crippen LogP contribution in [0.2, 0.25) is 5.02 Å². The van der Waals surface area contributed by atoms with Crippen LogP contribution in [0.4, 0.5) is 5.69 Å². The fraction of sp³-hybridized carbons (Fsp3) is 0.423. The molecule has 0 unspecified atom stereocenters. The van der Waals surface area contributed by atoms with Gasteiger partial charge < -0.3 is 15.3 Å². The van der Waals surface area contributed by atoms with E-state index in [1.165, 1.54) is 4.57 Å². The van der Waals surface area contributed by atoms with E-state index >= 15 is 0 Å². The molecule has 2 N–H and O–H groups in total. The predicted molar refractivity (Wildman–Crippen MR) is 140 cm³/mol. The Hall–Kier alpha value is -2.94. The summed E-state index contributed by atoms with van der Waals surface area (Å²) < 4.78 is 1.43. The highest BCUT2D eigenvalue weighted by Crippen LogP contribution is 2.25. The number of carbonyl (C=O) groups is 1. The number of carbonyl (C=O) groups excluding carboxylic acids is 1. The van der Waals surface area contributed by atoms with Gasteiger partial charge in [0.25, 0.3) is 5.56 Å². The zero-order valence-electron chi connectivity index (χ0n) is 20.2. The van der Waals surface area contributed by atoms with Crippen LogP contribution < -0.4 is 15.8 Å². The molecule has 35 heavy (non-hydrogen) atoms. The number of aromatic nitrogens is 2. The third-order valence-corrected chi connectivity index (χ3v) is 6.38. The molecule has 1 saturated heterocycles. The second-order valence-corrected chi connectivity index (χ2v) is 9.60. The van der Waals surface area contributed by atoms with Crippen molar-refractivity contribution >= 4 is 34.1 Å². The van der Waals surface area contributed by atoms with E-state index in [9.17, 15) is 14.7 Å². The monoisotopic (exact) mass is 497 g/mol. The molecule has 8 nitrogen and oxygen atoms in total. The molecule has 0 saturated carbocycles. The summed E-state index contributed by atoms with van der Waals surface area (Å²) in [4.78, 5) is 35.7. The summed E-state index contributed by atoms with van der Waals surface area (Å²) >= 11 is 6.21. The van der Waals surface area contributed by atoms with Crippen molar-refractivity contribution in [1.29, 1.82) is 0 Å². The van der Waals surface area contributed by atoms with E-state index in [2.05, 4.69) is 15.1 Å². The topological polar surface area (TPSA) is 90.7 Å². The zero-order valence-corrected chi connectivity index (χ0v) is 21.0. The molecule has 1 aromatic heterocycles. The number of nitrogens with zero attached hydrogens (tertiary/aromatic N) is 4. The molecule has 186 valence electrons. The molecule has 0 bridgehead atoms. The van der Waals surface area contributed by atoms with Gasteiger partial charge in [-0.15, -0.1) is 0 Å². The molecule has 1 aliphatic rings. The Balaban J connectivity index is 1.76. The van der Waals surface area contributed by atoms with Crippen molar-refractivity contribution in [2.75, 3.05) is 44.2 Å². The third kappa shape index (κ3) is 6.01. The number of benzene rings is 2. The van der Waals surface area contributed by atoms with Crippen LogP contribution in [0.1, 0.15) is 20.3 Å². The number of amides is 1. The highest BCUT2D eigenvalue weighted by atomic mass is 35.5. The highest BCUT2D eigenvalue weighted by molar-refractivity contribution is 6.30. The molecule has 1 fully saturated rings. The van der Waals surface area contributed by atoms with Gasteiger partial charge in [-0.05, 0) is 57.1 Å². The van der Waals surface area contributed by atoms with Crippen LogP contribution in [0.5, 0.6) is 0 Å². The van der Waals surface area contributed by atoms with Crippen molar-refractivity contribution in [3.8, 4) is 11.4 Å². The van der Waals surface area contributed by atoms with Gasteiger partial charge in [0.15, 0.2) is 0 Å². The van der Waals surface area contributed by atoms with Crippen molar-refractivity contribution in [3.05, 3.63) is 57.8 Å². The van der Waals surface area contributed by atoms with Gasteiger partial charge in [-0.2, -0.15) is 0 Å². The molecule has 0 spiro atoms. The molecule has 0 aliphatic carbocycles. The van der Waals surface area contributed by atoms with Crippen molar-refractivity contribution in [2.24, 2.45) is 0 Å². The molecule has 9 heteroatoms. The normalized spacial score (nSPS) is 14.9.